The molecule has 2 amide bonds. The maximum absolute atomic E-state index is 14.1. The van der Waals surface area contributed by atoms with Crippen molar-refractivity contribution in [3.05, 3.63) is 99.5 Å². The molecule has 220 valence electrons. The van der Waals surface area contributed by atoms with Crippen LogP contribution in [0.15, 0.2) is 66.7 Å². The van der Waals surface area contributed by atoms with Crippen LogP contribution in [0.1, 0.15) is 31.9 Å². The second-order valence-corrected chi connectivity index (χ2v) is 13.3. The van der Waals surface area contributed by atoms with Crippen LogP contribution in [-0.2, 0) is 32.6 Å². The molecular formula is C29H31Cl2F2N3O4S. The number of hydrogen-bond donors (Lipinski definition) is 1. The Morgan fingerprint density at radius 1 is 0.951 bits per heavy atom. The number of anilines is 1. The van der Waals surface area contributed by atoms with Crippen molar-refractivity contribution in [2.75, 3.05) is 17.1 Å². The predicted octanol–water partition coefficient (Wildman–Crippen LogP) is 5.59. The second kappa shape index (κ2) is 13.2. The van der Waals surface area contributed by atoms with Gasteiger partial charge in [-0.25, -0.2) is 17.2 Å². The topological polar surface area (TPSA) is 86.8 Å². The molecule has 0 radical (unpaired) electrons. The average Bonchev–Trinajstić information content (AvgIpc) is 2.86. The van der Waals surface area contributed by atoms with Gasteiger partial charge in [-0.3, -0.25) is 13.9 Å². The van der Waals surface area contributed by atoms with E-state index in [4.69, 9.17) is 23.2 Å². The van der Waals surface area contributed by atoms with E-state index in [9.17, 15) is 26.8 Å². The smallest absolute Gasteiger partial charge is 0.244 e. The van der Waals surface area contributed by atoms with E-state index in [1.807, 2.05) is 6.07 Å². The molecule has 1 atom stereocenters. The number of carbonyl (C=O) groups excluding carboxylic acids is 2. The Morgan fingerprint density at radius 2 is 1.61 bits per heavy atom. The maximum atomic E-state index is 14.1. The lowest BCUT2D eigenvalue weighted by Crippen LogP contribution is -2.56. The number of nitrogens with one attached hydrogen (secondary N) is 1. The van der Waals surface area contributed by atoms with Gasteiger partial charge in [-0.1, -0.05) is 59.6 Å². The first-order valence-electron chi connectivity index (χ1n) is 12.6. The predicted molar refractivity (Wildman–Crippen MR) is 157 cm³/mol. The molecule has 0 heterocycles. The van der Waals surface area contributed by atoms with Gasteiger partial charge in [0.1, 0.15) is 12.6 Å². The van der Waals surface area contributed by atoms with Crippen LogP contribution in [0.5, 0.6) is 0 Å². The van der Waals surface area contributed by atoms with Gasteiger partial charge in [-0.15, -0.1) is 0 Å². The van der Waals surface area contributed by atoms with E-state index in [-0.39, 0.29) is 23.7 Å². The molecule has 1 N–H and O–H groups in total. The molecule has 0 aliphatic heterocycles. The van der Waals surface area contributed by atoms with Crippen LogP contribution in [0.4, 0.5) is 14.5 Å². The van der Waals surface area contributed by atoms with Gasteiger partial charge in [-0.05, 0) is 56.2 Å². The molecule has 3 aromatic rings. The van der Waals surface area contributed by atoms with Crippen molar-refractivity contribution < 1.29 is 26.8 Å². The number of rotatable bonds is 10. The number of carbonyl (C=O) groups is 2. The summed E-state index contributed by atoms with van der Waals surface area (Å²) in [6, 6.07) is 15.1. The SMILES string of the molecule is CC(C)(C)NC(=O)C(Cc1ccccc1)N(Cc1ccc(Cl)cc1Cl)C(=O)CN(c1ccc(F)c(F)c1)S(C)(=O)=O. The highest BCUT2D eigenvalue weighted by atomic mass is 35.5. The minimum Gasteiger partial charge on any atom is -0.350 e. The zero-order valence-corrected chi connectivity index (χ0v) is 25.3. The first kappa shape index (κ1) is 32.3. The molecular weight excluding hydrogens is 595 g/mol. The Balaban J connectivity index is 2.11. The van der Waals surface area contributed by atoms with Crippen molar-refractivity contribution >= 4 is 50.7 Å². The van der Waals surface area contributed by atoms with Crippen molar-refractivity contribution in [3.63, 3.8) is 0 Å². The monoisotopic (exact) mass is 625 g/mol. The molecule has 3 aromatic carbocycles. The van der Waals surface area contributed by atoms with Gasteiger partial charge in [0.2, 0.25) is 21.8 Å². The summed E-state index contributed by atoms with van der Waals surface area (Å²) >= 11 is 12.5. The minimum absolute atomic E-state index is 0.101. The highest BCUT2D eigenvalue weighted by Gasteiger charge is 2.34. The molecule has 0 saturated carbocycles. The van der Waals surface area contributed by atoms with Crippen molar-refractivity contribution in [2.45, 2.75) is 45.3 Å². The quantitative estimate of drug-likeness (QED) is 0.318. The zero-order valence-electron chi connectivity index (χ0n) is 23.0. The van der Waals surface area contributed by atoms with Crippen molar-refractivity contribution in [2.24, 2.45) is 0 Å². The fraction of sp³-hybridized carbons (Fsp3) is 0.310. The summed E-state index contributed by atoms with van der Waals surface area (Å²) in [4.78, 5) is 28.9. The molecule has 0 spiro atoms. The van der Waals surface area contributed by atoms with Crippen LogP contribution in [0.25, 0.3) is 0 Å². The maximum Gasteiger partial charge on any atom is 0.244 e. The molecule has 12 heteroatoms. The van der Waals surface area contributed by atoms with Gasteiger partial charge >= 0.3 is 0 Å². The van der Waals surface area contributed by atoms with Gasteiger partial charge in [-0.2, -0.15) is 0 Å². The largest absolute Gasteiger partial charge is 0.350 e. The lowest BCUT2D eigenvalue weighted by atomic mass is 10.0. The number of benzene rings is 3. The summed E-state index contributed by atoms with van der Waals surface area (Å²) in [6.07, 6.45) is 0.944. The summed E-state index contributed by atoms with van der Waals surface area (Å²) in [6.45, 7) is 4.42. The fourth-order valence-electron chi connectivity index (χ4n) is 4.09. The Hall–Kier alpha value is -3.21. The number of sulfonamides is 1. The molecule has 0 aliphatic carbocycles. The Kier molecular flexibility index (Phi) is 10.4. The lowest BCUT2D eigenvalue weighted by molar-refractivity contribution is -0.140. The summed E-state index contributed by atoms with van der Waals surface area (Å²) in [5, 5.41) is 3.51. The van der Waals surface area contributed by atoms with Gasteiger partial charge < -0.3 is 10.2 Å². The van der Waals surface area contributed by atoms with Crippen molar-refractivity contribution in [1.29, 1.82) is 0 Å². The van der Waals surface area contributed by atoms with Crippen LogP contribution in [0.3, 0.4) is 0 Å². The third kappa shape index (κ3) is 9.14. The van der Waals surface area contributed by atoms with E-state index in [1.54, 1.807) is 57.2 Å². The van der Waals surface area contributed by atoms with E-state index in [0.717, 1.165) is 24.0 Å². The standard InChI is InChI=1S/C29H31Cl2F2N3O4S/c1-29(2,3)34-28(38)26(14-19-8-6-5-7-9-19)35(17-20-10-11-21(30)15-23(20)31)27(37)18-36(41(4,39)40)22-12-13-24(32)25(33)16-22/h5-13,15-16,26H,14,17-18H2,1-4H3,(H,34,38). The molecule has 0 saturated heterocycles. The number of hydrogen-bond acceptors (Lipinski definition) is 4. The molecule has 3 rings (SSSR count). The third-order valence-corrected chi connectivity index (χ3v) is 7.72. The number of halogens is 4. The van der Waals surface area contributed by atoms with E-state index in [2.05, 4.69) is 5.32 Å². The summed E-state index contributed by atoms with van der Waals surface area (Å²) < 4.78 is 53.8. The van der Waals surface area contributed by atoms with Crippen LogP contribution < -0.4 is 9.62 Å². The van der Waals surface area contributed by atoms with Crippen LogP contribution in [0.2, 0.25) is 10.0 Å². The van der Waals surface area contributed by atoms with Crippen LogP contribution in [-0.4, -0.2) is 49.5 Å². The van der Waals surface area contributed by atoms with E-state index < -0.39 is 51.6 Å². The highest BCUT2D eigenvalue weighted by molar-refractivity contribution is 7.92. The van der Waals surface area contributed by atoms with Crippen molar-refractivity contribution in [3.8, 4) is 0 Å². The summed E-state index contributed by atoms with van der Waals surface area (Å²) in [5.74, 6) is -3.69. The Bertz CT molecular complexity index is 1520. The van der Waals surface area contributed by atoms with Crippen LogP contribution in [0, 0.1) is 11.6 Å². The second-order valence-electron chi connectivity index (χ2n) is 10.6. The van der Waals surface area contributed by atoms with E-state index >= 15 is 0 Å². The highest BCUT2D eigenvalue weighted by Crippen LogP contribution is 2.26. The molecule has 0 bridgehead atoms. The number of nitrogens with zero attached hydrogens (tertiary/aromatic N) is 2. The van der Waals surface area contributed by atoms with Gasteiger partial charge in [0.05, 0.1) is 11.9 Å². The summed E-state index contributed by atoms with van der Waals surface area (Å²) in [5.41, 5.74) is 0.318. The first-order chi connectivity index (χ1) is 19.0. The molecule has 0 fully saturated rings. The van der Waals surface area contributed by atoms with Crippen molar-refractivity contribution in [1.82, 2.24) is 10.2 Å². The lowest BCUT2D eigenvalue weighted by Gasteiger charge is -2.35. The zero-order chi connectivity index (χ0) is 30.5. The van der Waals surface area contributed by atoms with E-state index in [0.29, 0.717) is 21.0 Å². The minimum atomic E-state index is -4.14. The molecule has 0 aliphatic rings. The molecule has 0 aromatic heterocycles. The molecule has 7 nitrogen and oxygen atoms in total. The Morgan fingerprint density at radius 3 is 2.17 bits per heavy atom. The summed E-state index contributed by atoms with van der Waals surface area (Å²) in [7, 11) is -4.14. The van der Waals surface area contributed by atoms with Gasteiger partial charge in [0.15, 0.2) is 11.6 Å². The van der Waals surface area contributed by atoms with E-state index in [1.165, 1.54) is 11.0 Å². The van der Waals surface area contributed by atoms with Crippen LogP contribution >= 0.6 is 23.2 Å². The fourth-order valence-corrected chi connectivity index (χ4v) is 5.40. The Labute approximate surface area is 249 Å². The molecule has 41 heavy (non-hydrogen) atoms. The molecule has 1 unspecified atom stereocenters. The van der Waals surface area contributed by atoms with Gasteiger partial charge in [0.25, 0.3) is 0 Å². The normalized spacial score (nSPS) is 12.5. The third-order valence-electron chi connectivity index (χ3n) is 6.00. The first-order valence-corrected chi connectivity index (χ1v) is 15.2. The van der Waals surface area contributed by atoms with Gasteiger partial charge in [0, 0.05) is 34.6 Å². The number of amides is 2. The average molecular weight is 627 g/mol.